The van der Waals surface area contributed by atoms with Gasteiger partial charge in [-0.2, -0.15) is 0 Å². The van der Waals surface area contributed by atoms with Gasteiger partial charge >= 0.3 is 0 Å². The summed E-state index contributed by atoms with van der Waals surface area (Å²) in [4.78, 5) is 0. The Kier molecular flexibility index (Phi) is 2.36. The summed E-state index contributed by atoms with van der Waals surface area (Å²) in [6.07, 6.45) is -2.30. The van der Waals surface area contributed by atoms with Crippen LogP contribution in [0.4, 0.5) is 8.78 Å². The summed E-state index contributed by atoms with van der Waals surface area (Å²) in [6, 6.07) is -0.751. The molecule has 1 saturated heterocycles. The second-order valence-electron chi connectivity index (χ2n) is 1.97. The second-order valence-corrected chi connectivity index (χ2v) is 1.97. The van der Waals surface area contributed by atoms with Crippen LogP contribution in [0.25, 0.3) is 0 Å². The van der Waals surface area contributed by atoms with E-state index < -0.39 is 12.5 Å². The molecule has 1 aliphatic heterocycles. The van der Waals surface area contributed by atoms with Crippen molar-refractivity contribution in [1.29, 1.82) is 0 Å². The maximum atomic E-state index is 11.8. The van der Waals surface area contributed by atoms with E-state index in [0.29, 0.717) is 13.2 Å². The average molecular weight is 137 g/mol. The molecule has 0 radical (unpaired) electrons. The number of alkyl halides is 2. The summed E-state index contributed by atoms with van der Waals surface area (Å²) in [6.45, 7) is 1.22. The zero-order valence-corrected chi connectivity index (χ0v) is 4.94. The van der Waals surface area contributed by atoms with Crippen LogP contribution in [0.15, 0.2) is 0 Å². The van der Waals surface area contributed by atoms with Crippen molar-refractivity contribution in [2.45, 2.75) is 12.5 Å². The van der Waals surface area contributed by atoms with Gasteiger partial charge in [-0.15, -0.1) is 0 Å². The van der Waals surface area contributed by atoms with Crippen molar-refractivity contribution in [2.75, 3.05) is 19.8 Å². The number of morpholine rings is 1. The molecule has 0 spiro atoms. The minimum Gasteiger partial charge on any atom is -0.378 e. The summed E-state index contributed by atoms with van der Waals surface area (Å²) in [5, 5.41) is 2.64. The molecule has 0 aromatic heterocycles. The smallest absolute Gasteiger partial charge is 0.255 e. The number of hydrogen-bond acceptors (Lipinski definition) is 2. The summed E-state index contributed by atoms with van der Waals surface area (Å²) < 4.78 is 28.4. The Balaban J connectivity index is 2.23. The molecule has 1 fully saturated rings. The average Bonchev–Trinajstić information content (AvgIpc) is 1.90. The minimum absolute atomic E-state index is 0.137. The van der Waals surface area contributed by atoms with Crippen molar-refractivity contribution in [3.8, 4) is 0 Å². The van der Waals surface area contributed by atoms with Crippen molar-refractivity contribution in [3.05, 3.63) is 0 Å². The van der Waals surface area contributed by atoms with Crippen molar-refractivity contribution in [3.63, 3.8) is 0 Å². The van der Waals surface area contributed by atoms with Gasteiger partial charge in [-0.05, 0) is 0 Å². The molecule has 0 unspecified atom stereocenters. The van der Waals surface area contributed by atoms with Gasteiger partial charge in [0.05, 0.1) is 19.3 Å². The van der Waals surface area contributed by atoms with Crippen molar-refractivity contribution in [2.24, 2.45) is 0 Å². The number of hydrogen-bond donors (Lipinski definition) is 1. The topological polar surface area (TPSA) is 21.3 Å². The lowest BCUT2D eigenvalue weighted by Crippen LogP contribution is -2.45. The predicted octanol–water partition coefficient (Wildman–Crippen LogP) is 0.240. The Morgan fingerprint density at radius 1 is 1.56 bits per heavy atom. The molecule has 1 aliphatic rings. The molecule has 1 atom stereocenters. The monoisotopic (exact) mass is 137 g/mol. The highest BCUT2D eigenvalue weighted by molar-refractivity contribution is 4.71. The normalized spacial score (nSPS) is 29.0. The van der Waals surface area contributed by atoms with E-state index in [-0.39, 0.29) is 6.61 Å². The third-order valence-corrected chi connectivity index (χ3v) is 1.25. The molecule has 2 nitrogen and oxygen atoms in total. The maximum Gasteiger partial charge on any atom is 0.255 e. The van der Waals surface area contributed by atoms with Gasteiger partial charge in [0.1, 0.15) is 0 Å². The largest absolute Gasteiger partial charge is 0.378 e. The van der Waals surface area contributed by atoms with Crippen LogP contribution in [0.2, 0.25) is 0 Å². The maximum absolute atomic E-state index is 11.8. The fourth-order valence-corrected chi connectivity index (χ4v) is 0.748. The summed E-state index contributed by atoms with van der Waals surface area (Å²) in [5.41, 5.74) is 0. The molecular weight excluding hydrogens is 128 g/mol. The van der Waals surface area contributed by atoms with E-state index in [1.165, 1.54) is 0 Å². The van der Waals surface area contributed by atoms with Gasteiger partial charge in [-0.3, -0.25) is 0 Å². The third kappa shape index (κ3) is 1.87. The zero-order chi connectivity index (χ0) is 6.69. The number of rotatable bonds is 1. The highest BCUT2D eigenvalue weighted by atomic mass is 19.3. The third-order valence-electron chi connectivity index (χ3n) is 1.25. The zero-order valence-electron chi connectivity index (χ0n) is 4.94. The Labute approximate surface area is 52.2 Å². The summed E-state index contributed by atoms with van der Waals surface area (Å²) in [5.74, 6) is 0. The Hall–Kier alpha value is -0.220. The molecule has 0 aromatic rings. The van der Waals surface area contributed by atoms with Gasteiger partial charge in [0.2, 0.25) is 0 Å². The lowest BCUT2D eigenvalue weighted by Gasteiger charge is -2.22. The molecule has 0 aromatic carbocycles. The van der Waals surface area contributed by atoms with Crippen LogP contribution >= 0.6 is 0 Å². The Bertz CT molecular complexity index is 83.0. The lowest BCUT2D eigenvalue weighted by atomic mass is 10.3. The SMILES string of the molecule is FC(F)[C@H]1COCCN1. The quantitative estimate of drug-likeness (QED) is 0.559. The highest BCUT2D eigenvalue weighted by Gasteiger charge is 2.21. The summed E-state index contributed by atoms with van der Waals surface area (Å²) >= 11 is 0. The van der Waals surface area contributed by atoms with Gasteiger partial charge in [0, 0.05) is 6.54 Å². The van der Waals surface area contributed by atoms with Crippen molar-refractivity contribution >= 4 is 0 Å². The molecule has 1 N–H and O–H groups in total. The first-order valence-corrected chi connectivity index (χ1v) is 2.90. The van der Waals surface area contributed by atoms with Gasteiger partial charge in [-0.25, -0.2) is 8.78 Å². The first-order chi connectivity index (χ1) is 4.30. The molecule has 0 bridgehead atoms. The van der Waals surface area contributed by atoms with E-state index in [0.717, 1.165) is 0 Å². The van der Waals surface area contributed by atoms with E-state index in [9.17, 15) is 8.78 Å². The van der Waals surface area contributed by atoms with Crippen LogP contribution in [0.5, 0.6) is 0 Å². The van der Waals surface area contributed by atoms with Gasteiger partial charge in [0.15, 0.2) is 0 Å². The molecule has 0 aliphatic carbocycles. The van der Waals surface area contributed by atoms with E-state index in [1.54, 1.807) is 0 Å². The van der Waals surface area contributed by atoms with E-state index in [1.807, 2.05) is 0 Å². The minimum atomic E-state index is -2.30. The van der Waals surface area contributed by atoms with E-state index in [2.05, 4.69) is 5.32 Å². The van der Waals surface area contributed by atoms with Crippen LogP contribution in [0.1, 0.15) is 0 Å². The van der Waals surface area contributed by atoms with E-state index in [4.69, 9.17) is 4.74 Å². The Morgan fingerprint density at radius 3 is 2.67 bits per heavy atom. The van der Waals surface area contributed by atoms with Crippen LogP contribution < -0.4 is 5.32 Å². The molecule has 0 amide bonds. The fraction of sp³-hybridized carbons (Fsp3) is 1.00. The van der Waals surface area contributed by atoms with Crippen LogP contribution in [-0.2, 0) is 4.74 Å². The first kappa shape index (κ1) is 6.89. The van der Waals surface area contributed by atoms with Crippen LogP contribution in [-0.4, -0.2) is 32.2 Å². The molecule has 54 valence electrons. The lowest BCUT2D eigenvalue weighted by molar-refractivity contribution is 0.00349. The molecule has 0 saturated carbocycles. The summed E-state index contributed by atoms with van der Waals surface area (Å²) in [7, 11) is 0. The molecular formula is C5H9F2NO. The van der Waals surface area contributed by atoms with Gasteiger partial charge in [0.25, 0.3) is 6.43 Å². The first-order valence-electron chi connectivity index (χ1n) is 2.90. The van der Waals surface area contributed by atoms with Crippen molar-refractivity contribution in [1.82, 2.24) is 5.32 Å². The second kappa shape index (κ2) is 3.08. The van der Waals surface area contributed by atoms with Crippen LogP contribution in [0, 0.1) is 0 Å². The predicted molar refractivity (Wildman–Crippen MR) is 28.6 cm³/mol. The molecule has 1 rings (SSSR count). The molecule has 4 heteroatoms. The highest BCUT2D eigenvalue weighted by Crippen LogP contribution is 2.03. The number of ether oxygens (including phenoxy) is 1. The number of halogens is 2. The number of nitrogens with one attached hydrogen (secondary N) is 1. The standard InChI is InChI=1S/C5H9F2NO/c6-5(7)4-3-9-2-1-8-4/h4-5,8H,1-3H2/t4-/m1/s1. The van der Waals surface area contributed by atoms with Gasteiger partial charge in [-0.1, -0.05) is 0 Å². The molecule has 1 heterocycles. The van der Waals surface area contributed by atoms with Crippen LogP contribution in [0.3, 0.4) is 0 Å². The van der Waals surface area contributed by atoms with Crippen molar-refractivity contribution < 1.29 is 13.5 Å². The van der Waals surface area contributed by atoms with Gasteiger partial charge < -0.3 is 10.1 Å². The Morgan fingerprint density at radius 2 is 2.33 bits per heavy atom. The fourth-order valence-electron chi connectivity index (χ4n) is 0.748. The van der Waals surface area contributed by atoms with E-state index >= 15 is 0 Å². The molecule has 9 heavy (non-hydrogen) atoms.